The van der Waals surface area contributed by atoms with Gasteiger partial charge in [0, 0.05) is 12.2 Å². The first-order valence-electron chi connectivity index (χ1n) is 7.07. The van der Waals surface area contributed by atoms with Crippen molar-refractivity contribution in [3.63, 3.8) is 0 Å². The second kappa shape index (κ2) is 6.24. The Bertz CT molecular complexity index is 927. The predicted molar refractivity (Wildman–Crippen MR) is 88.2 cm³/mol. The number of carboxylic acid groups (broad SMARTS) is 1. The molecule has 0 saturated carbocycles. The molecule has 1 heterocycles. The maximum Gasteiger partial charge on any atom is 0.352 e. The van der Waals surface area contributed by atoms with Gasteiger partial charge in [-0.1, -0.05) is 29.3 Å². The van der Waals surface area contributed by atoms with E-state index >= 15 is 0 Å². The van der Waals surface area contributed by atoms with E-state index in [1.54, 1.807) is 22.8 Å². The fourth-order valence-electron chi connectivity index (χ4n) is 2.83. The molecule has 0 spiro atoms. The predicted octanol–water partition coefficient (Wildman–Crippen LogP) is 3.34. The van der Waals surface area contributed by atoms with Crippen molar-refractivity contribution in [3.05, 3.63) is 62.4 Å². The zero-order chi connectivity index (χ0) is 17.4. The molecule has 8 heteroatoms. The molecule has 24 heavy (non-hydrogen) atoms. The number of carboxylic acids is 1. The van der Waals surface area contributed by atoms with E-state index in [1.807, 2.05) is 0 Å². The highest BCUT2D eigenvalue weighted by molar-refractivity contribution is 6.45. The second-order valence-electron chi connectivity index (χ2n) is 5.41. The van der Waals surface area contributed by atoms with Crippen LogP contribution in [-0.2, 0) is 13.0 Å². The number of carbonyl (C=O) groups excluding carboxylic acids is 1. The monoisotopic (exact) mass is 363 g/mol. The first-order chi connectivity index (χ1) is 11.4. The van der Waals surface area contributed by atoms with Gasteiger partial charge < -0.3 is 15.2 Å². The van der Waals surface area contributed by atoms with Gasteiger partial charge in [0.05, 0.1) is 22.0 Å². The van der Waals surface area contributed by atoms with Crippen LogP contribution in [0.3, 0.4) is 0 Å². The Morgan fingerprint density at radius 1 is 1.25 bits per heavy atom. The van der Waals surface area contributed by atoms with Crippen molar-refractivity contribution >= 4 is 40.7 Å². The van der Waals surface area contributed by atoms with Crippen LogP contribution in [0.4, 0.5) is 0 Å². The number of Topliss-reactive ketones (excluding diaryl/α,β-unsaturated/α-hetero) is 1. The van der Waals surface area contributed by atoms with Crippen LogP contribution in [0.2, 0.25) is 10.0 Å². The van der Waals surface area contributed by atoms with Crippen molar-refractivity contribution in [2.24, 2.45) is 0 Å². The summed E-state index contributed by atoms with van der Waals surface area (Å²) >= 11 is 11.9. The molecule has 0 unspecified atom stereocenters. The number of benzene rings is 1. The van der Waals surface area contributed by atoms with Crippen LogP contribution < -0.4 is 0 Å². The van der Waals surface area contributed by atoms with Crippen LogP contribution in [0.15, 0.2) is 24.3 Å². The van der Waals surface area contributed by atoms with Gasteiger partial charge in [0.25, 0.3) is 5.78 Å². The lowest BCUT2D eigenvalue weighted by molar-refractivity contribution is -0.00949. The number of aromatic nitrogens is 1. The Kier molecular flexibility index (Phi) is 4.28. The van der Waals surface area contributed by atoms with Crippen molar-refractivity contribution in [3.8, 4) is 0 Å². The van der Waals surface area contributed by atoms with E-state index in [0.29, 0.717) is 22.2 Å². The van der Waals surface area contributed by atoms with E-state index in [4.69, 9.17) is 28.7 Å². The number of ketones is 1. The minimum Gasteiger partial charge on any atom is -0.477 e. The number of hydrogen-bond donors (Lipinski definition) is 1. The third-order valence-corrected chi connectivity index (χ3v) is 4.72. The standard InChI is InChI=1S/C16H11Cl2N3O3/c17-10-2-1-8(5-11(10)18)7-21-13-4-3-12(20-19)15(22)9(13)6-14(21)16(23)24/h1-2,5-6H,3-4,7H2,(H,23,24). The first kappa shape index (κ1) is 16.5. The molecule has 1 aliphatic carbocycles. The average molecular weight is 364 g/mol. The fraction of sp³-hybridized carbons (Fsp3) is 0.188. The zero-order valence-corrected chi connectivity index (χ0v) is 13.8. The van der Waals surface area contributed by atoms with Crippen molar-refractivity contribution < 1.29 is 19.5 Å². The Morgan fingerprint density at radius 2 is 2.00 bits per heavy atom. The lowest BCUT2D eigenvalue weighted by Gasteiger charge is -2.14. The SMILES string of the molecule is [N-]=[N+]=C1CCc2c(cc(C(=O)O)n2Cc2ccc(Cl)c(Cl)c2)C1=O. The third kappa shape index (κ3) is 2.76. The van der Waals surface area contributed by atoms with Crippen LogP contribution in [-0.4, -0.2) is 31.9 Å². The van der Waals surface area contributed by atoms with Crippen molar-refractivity contribution in [2.45, 2.75) is 19.4 Å². The van der Waals surface area contributed by atoms with E-state index in [1.165, 1.54) is 6.07 Å². The lowest BCUT2D eigenvalue weighted by Crippen LogP contribution is -2.24. The summed E-state index contributed by atoms with van der Waals surface area (Å²) < 4.78 is 1.57. The second-order valence-corrected chi connectivity index (χ2v) is 6.22. The maximum absolute atomic E-state index is 12.3. The summed E-state index contributed by atoms with van der Waals surface area (Å²) in [5, 5.41) is 10.2. The van der Waals surface area contributed by atoms with Crippen LogP contribution in [0.1, 0.15) is 38.5 Å². The number of fused-ring (bicyclic) bond motifs is 1. The Morgan fingerprint density at radius 3 is 2.62 bits per heavy atom. The topological polar surface area (TPSA) is 95.7 Å². The van der Waals surface area contributed by atoms with Gasteiger partial charge in [-0.3, -0.25) is 4.79 Å². The Hall–Kier alpha value is -2.40. The van der Waals surface area contributed by atoms with Gasteiger partial charge in [0.15, 0.2) is 0 Å². The molecule has 3 rings (SSSR count). The van der Waals surface area contributed by atoms with Crippen molar-refractivity contribution in [1.29, 1.82) is 0 Å². The largest absolute Gasteiger partial charge is 0.477 e. The van der Waals surface area contributed by atoms with Gasteiger partial charge >= 0.3 is 11.7 Å². The van der Waals surface area contributed by atoms with Gasteiger partial charge in [0.2, 0.25) is 0 Å². The van der Waals surface area contributed by atoms with Crippen LogP contribution >= 0.6 is 23.2 Å². The van der Waals surface area contributed by atoms with Gasteiger partial charge in [0.1, 0.15) is 5.69 Å². The van der Waals surface area contributed by atoms with Gasteiger partial charge in [-0.2, -0.15) is 4.79 Å². The molecule has 1 N–H and O–H groups in total. The van der Waals surface area contributed by atoms with Gasteiger partial charge in [-0.15, -0.1) is 0 Å². The molecule has 1 aromatic carbocycles. The molecule has 6 nitrogen and oxygen atoms in total. The molecule has 1 aromatic heterocycles. The van der Waals surface area contributed by atoms with E-state index in [-0.39, 0.29) is 29.9 Å². The molecule has 0 atom stereocenters. The summed E-state index contributed by atoms with van der Waals surface area (Å²) in [6.45, 7) is 0.243. The number of aromatic carboxylic acids is 1. The first-order valence-corrected chi connectivity index (χ1v) is 7.83. The van der Waals surface area contributed by atoms with E-state index in [0.717, 1.165) is 5.56 Å². The Labute approximate surface area is 146 Å². The Balaban J connectivity index is 2.10. The van der Waals surface area contributed by atoms with Crippen molar-refractivity contribution in [2.75, 3.05) is 0 Å². The quantitative estimate of drug-likeness (QED) is 0.668. The molecule has 122 valence electrons. The maximum atomic E-state index is 12.3. The van der Waals surface area contributed by atoms with Crippen LogP contribution in [0.5, 0.6) is 0 Å². The molecule has 1 aliphatic rings. The number of halogens is 2. The molecule has 0 bridgehead atoms. The molecule has 0 saturated heterocycles. The molecule has 0 amide bonds. The minimum atomic E-state index is -1.14. The lowest BCUT2D eigenvalue weighted by atomic mass is 9.94. The third-order valence-electron chi connectivity index (χ3n) is 3.98. The van der Waals surface area contributed by atoms with E-state index < -0.39 is 11.8 Å². The summed E-state index contributed by atoms with van der Waals surface area (Å²) in [4.78, 5) is 26.8. The number of carbonyl (C=O) groups is 2. The highest BCUT2D eigenvalue weighted by Crippen LogP contribution is 2.27. The number of rotatable bonds is 3. The zero-order valence-electron chi connectivity index (χ0n) is 12.3. The van der Waals surface area contributed by atoms with E-state index in [9.17, 15) is 14.7 Å². The van der Waals surface area contributed by atoms with Crippen LogP contribution in [0, 0.1) is 0 Å². The summed E-state index contributed by atoms with van der Waals surface area (Å²) in [5.74, 6) is -1.59. The summed E-state index contributed by atoms with van der Waals surface area (Å²) in [6.07, 6.45) is 0.669. The van der Waals surface area contributed by atoms with E-state index in [2.05, 4.69) is 4.79 Å². The molecule has 0 radical (unpaired) electrons. The van der Waals surface area contributed by atoms with Gasteiger partial charge in [-0.25, -0.2) is 4.79 Å². The van der Waals surface area contributed by atoms with Gasteiger partial charge in [-0.05, 0) is 30.2 Å². The van der Waals surface area contributed by atoms with Crippen molar-refractivity contribution in [1.82, 2.24) is 4.57 Å². The summed E-state index contributed by atoms with van der Waals surface area (Å²) in [5.41, 5.74) is 10.5. The highest BCUT2D eigenvalue weighted by atomic mass is 35.5. The number of nitrogens with zero attached hydrogens (tertiary/aromatic N) is 3. The molecule has 2 aromatic rings. The summed E-state index contributed by atoms with van der Waals surface area (Å²) in [7, 11) is 0. The molecular formula is C16H11Cl2N3O3. The minimum absolute atomic E-state index is 0.00128. The summed E-state index contributed by atoms with van der Waals surface area (Å²) in [6, 6.07) is 6.36. The normalized spacial score (nSPS) is 13.6. The molecular weight excluding hydrogens is 353 g/mol. The van der Waals surface area contributed by atoms with Crippen LogP contribution in [0.25, 0.3) is 5.53 Å². The highest BCUT2D eigenvalue weighted by Gasteiger charge is 2.34. The average Bonchev–Trinajstić information content (AvgIpc) is 2.91. The fourth-order valence-corrected chi connectivity index (χ4v) is 3.16. The molecule has 0 aliphatic heterocycles. The number of hydrogen-bond acceptors (Lipinski definition) is 2. The smallest absolute Gasteiger partial charge is 0.352 e. The molecule has 0 fully saturated rings.